The van der Waals surface area contributed by atoms with E-state index >= 15 is 0 Å². The van der Waals surface area contributed by atoms with Crippen molar-refractivity contribution >= 4 is 23.3 Å². The second-order valence-corrected chi connectivity index (χ2v) is 8.09. The van der Waals surface area contributed by atoms with Crippen LogP contribution in [0.2, 0.25) is 0 Å². The van der Waals surface area contributed by atoms with E-state index < -0.39 is 5.72 Å². The summed E-state index contributed by atoms with van der Waals surface area (Å²) in [6.45, 7) is 1.90. The van der Waals surface area contributed by atoms with E-state index in [0.717, 1.165) is 11.3 Å². The van der Waals surface area contributed by atoms with Gasteiger partial charge in [-0.3, -0.25) is 9.69 Å². The number of para-hydroxylation sites is 1. The van der Waals surface area contributed by atoms with Gasteiger partial charge in [0.05, 0.1) is 18.8 Å². The number of amides is 3. The largest absolute Gasteiger partial charge is 0.497 e. The molecule has 2 atom stereocenters. The SMILES string of the molecule is COc1ccc(NC(=O)c2cccc(N3C(=O)N[C@H]4C[C@]3(C)Oc3ccccc34)c2)cc1. The molecule has 2 bridgehead atoms. The highest BCUT2D eigenvalue weighted by Crippen LogP contribution is 2.45. The summed E-state index contributed by atoms with van der Waals surface area (Å²) in [5.74, 6) is 1.19. The lowest BCUT2D eigenvalue weighted by Gasteiger charge is -2.50. The standard InChI is InChI=1S/C25H23N3O4/c1-25-15-21(20-8-3-4-9-22(20)32-25)27-24(30)28(25)18-7-5-6-16(14-18)23(29)26-17-10-12-19(31-2)13-11-17/h3-14,21H,15H2,1-2H3,(H,26,29)(H,27,30)/t21-,25-/m0/s1. The van der Waals surface area contributed by atoms with Crippen molar-refractivity contribution in [2.24, 2.45) is 0 Å². The Balaban J connectivity index is 1.42. The minimum Gasteiger partial charge on any atom is -0.497 e. The first-order valence-electron chi connectivity index (χ1n) is 10.4. The average molecular weight is 429 g/mol. The summed E-state index contributed by atoms with van der Waals surface area (Å²) in [6, 6.07) is 21.4. The van der Waals surface area contributed by atoms with Gasteiger partial charge in [0.2, 0.25) is 0 Å². The molecule has 0 aliphatic carbocycles. The normalized spacial score (nSPS) is 21.1. The topological polar surface area (TPSA) is 79.9 Å². The van der Waals surface area contributed by atoms with Crippen LogP contribution in [-0.2, 0) is 0 Å². The molecule has 162 valence electrons. The van der Waals surface area contributed by atoms with Crippen molar-refractivity contribution in [1.29, 1.82) is 0 Å². The van der Waals surface area contributed by atoms with E-state index in [1.54, 1.807) is 60.5 Å². The van der Waals surface area contributed by atoms with Gasteiger partial charge in [-0.15, -0.1) is 0 Å². The Labute approximate surface area is 185 Å². The number of urea groups is 1. The van der Waals surface area contributed by atoms with Gasteiger partial charge in [-0.2, -0.15) is 0 Å². The summed E-state index contributed by atoms with van der Waals surface area (Å²) in [6.07, 6.45) is 0.595. The molecule has 2 N–H and O–H groups in total. The monoisotopic (exact) mass is 429 g/mol. The van der Waals surface area contributed by atoms with Crippen LogP contribution in [0.4, 0.5) is 16.2 Å². The number of carbonyl (C=O) groups is 2. The number of anilines is 2. The third-order valence-electron chi connectivity index (χ3n) is 5.90. The van der Waals surface area contributed by atoms with Crippen LogP contribution in [0.1, 0.15) is 35.3 Å². The van der Waals surface area contributed by atoms with E-state index in [4.69, 9.17) is 9.47 Å². The van der Waals surface area contributed by atoms with Gasteiger partial charge in [-0.25, -0.2) is 4.79 Å². The molecule has 1 saturated heterocycles. The van der Waals surface area contributed by atoms with Crippen molar-refractivity contribution in [2.75, 3.05) is 17.3 Å². The lowest BCUT2D eigenvalue weighted by Crippen LogP contribution is -2.65. The molecule has 2 heterocycles. The molecule has 3 aromatic rings. The van der Waals surface area contributed by atoms with Gasteiger partial charge in [0.1, 0.15) is 11.5 Å². The third-order valence-corrected chi connectivity index (χ3v) is 5.90. The second kappa shape index (κ2) is 7.60. The number of rotatable bonds is 4. The molecule has 5 rings (SSSR count). The molecular weight excluding hydrogens is 406 g/mol. The zero-order valence-corrected chi connectivity index (χ0v) is 17.8. The van der Waals surface area contributed by atoms with E-state index in [1.165, 1.54) is 0 Å². The summed E-state index contributed by atoms with van der Waals surface area (Å²) in [5, 5.41) is 5.94. The Hall–Kier alpha value is -4.00. The van der Waals surface area contributed by atoms with E-state index in [-0.39, 0.29) is 18.0 Å². The van der Waals surface area contributed by atoms with Crippen LogP contribution in [0.3, 0.4) is 0 Å². The number of carbonyl (C=O) groups excluding carboxylic acids is 2. The summed E-state index contributed by atoms with van der Waals surface area (Å²) < 4.78 is 11.4. The van der Waals surface area contributed by atoms with E-state index in [0.29, 0.717) is 29.1 Å². The van der Waals surface area contributed by atoms with Crippen molar-refractivity contribution in [3.05, 3.63) is 83.9 Å². The van der Waals surface area contributed by atoms with Gasteiger partial charge < -0.3 is 20.1 Å². The Bertz CT molecular complexity index is 1190. The van der Waals surface area contributed by atoms with Crippen LogP contribution in [0.25, 0.3) is 0 Å². The molecule has 0 radical (unpaired) electrons. The molecule has 7 nitrogen and oxygen atoms in total. The average Bonchev–Trinajstić information content (AvgIpc) is 2.79. The highest BCUT2D eigenvalue weighted by Gasteiger charge is 2.49. The Morgan fingerprint density at radius 2 is 1.91 bits per heavy atom. The van der Waals surface area contributed by atoms with Crippen molar-refractivity contribution in [3.8, 4) is 11.5 Å². The molecule has 0 aromatic heterocycles. The zero-order chi connectivity index (χ0) is 22.3. The number of fused-ring (bicyclic) bond motifs is 4. The molecule has 32 heavy (non-hydrogen) atoms. The Morgan fingerprint density at radius 3 is 2.69 bits per heavy atom. The fraction of sp³-hybridized carbons (Fsp3) is 0.200. The fourth-order valence-corrected chi connectivity index (χ4v) is 4.38. The first-order chi connectivity index (χ1) is 15.5. The number of hydrogen-bond donors (Lipinski definition) is 2. The number of benzene rings is 3. The maximum atomic E-state index is 13.1. The van der Waals surface area contributed by atoms with Crippen LogP contribution in [0.5, 0.6) is 11.5 Å². The fourth-order valence-electron chi connectivity index (χ4n) is 4.38. The first-order valence-corrected chi connectivity index (χ1v) is 10.4. The van der Waals surface area contributed by atoms with Gasteiger partial charge in [-0.05, 0) is 55.5 Å². The summed E-state index contributed by atoms with van der Waals surface area (Å²) in [4.78, 5) is 27.5. The summed E-state index contributed by atoms with van der Waals surface area (Å²) in [7, 11) is 1.59. The van der Waals surface area contributed by atoms with Crippen molar-refractivity contribution in [3.63, 3.8) is 0 Å². The summed E-state index contributed by atoms with van der Waals surface area (Å²) in [5.41, 5.74) is 1.79. The lowest BCUT2D eigenvalue weighted by molar-refractivity contribution is 0.0378. The predicted octanol–water partition coefficient (Wildman–Crippen LogP) is 4.72. The number of hydrogen-bond acceptors (Lipinski definition) is 4. The summed E-state index contributed by atoms with van der Waals surface area (Å²) >= 11 is 0. The highest BCUT2D eigenvalue weighted by atomic mass is 16.5. The highest BCUT2D eigenvalue weighted by molar-refractivity contribution is 6.05. The van der Waals surface area contributed by atoms with Crippen LogP contribution < -0.4 is 25.0 Å². The van der Waals surface area contributed by atoms with Gasteiger partial charge >= 0.3 is 6.03 Å². The van der Waals surface area contributed by atoms with E-state index in [2.05, 4.69) is 10.6 Å². The molecule has 1 fully saturated rings. The molecule has 0 unspecified atom stereocenters. The molecule has 0 saturated carbocycles. The van der Waals surface area contributed by atoms with Crippen LogP contribution >= 0.6 is 0 Å². The number of nitrogens with zero attached hydrogens (tertiary/aromatic N) is 1. The van der Waals surface area contributed by atoms with Gasteiger partial charge in [-0.1, -0.05) is 24.3 Å². The van der Waals surface area contributed by atoms with E-state index in [1.807, 2.05) is 31.2 Å². The van der Waals surface area contributed by atoms with Gasteiger partial charge in [0, 0.05) is 23.2 Å². The van der Waals surface area contributed by atoms with Crippen LogP contribution in [0.15, 0.2) is 72.8 Å². The minimum absolute atomic E-state index is 0.116. The number of ether oxygens (including phenoxy) is 2. The van der Waals surface area contributed by atoms with Crippen LogP contribution in [0, 0.1) is 0 Å². The van der Waals surface area contributed by atoms with Crippen molar-refractivity contribution < 1.29 is 19.1 Å². The Kier molecular flexibility index (Phi) is 4.74. The Morgan fingerprint density at radius 1 is 1.12 bits per heavy atom. The van der Waals surface area contributed by atoms with Crippen molar-refractivity contribution in [2.45, 2.75) is 25.1 Å². The lowest BCUT2D eigenvalue weighted by atomic mass is 9.90. The first kappa shape index (κ1) is 19.9. The van der Waals surface area contributed by atoms with Crippen LogP contribution in [-0.4, -0.2) is 24.8 Å². The quantitative estimate of drug-likeness (QED) is 0.629. The maximum absolute atomic E-state index is 13.1. The molecule has 3 amide bonds. The maximum Gasteiger partial charge on any atom is 0.325 e. The molecule has 2 aliphatic heterocycles. The van der Waals surface area contributed by atoms with Gasteiger partial charge in [0.15, 0.2) is 5.72 Å². The number of nitrogens with one attached hydrogen (secondary N) is 2. The van der Waals surface area contributed by atoms with Crippen molar-refractivity contribution in [1.82, 2.24) is 5.32 Å². The van der Waals surface area contributed by atoms with E-state index in [9.17, 15) is 9.59 Å². The molecular formula is C25H23N3O4. The zero-order valence-electron chi connectivity index (χ0n) is 17.8. The molecule has 7 heteroatoms. The molecule has 3 aromatic carbocycles. The minimum atomic E-state index is -0.869. The third kappa shape index (κ3) is 3.41. The molecule has 2 aliphatic rings. The smallest absolute Gasteiger partial charge is 0.325 e. The second-order valence-electron chi connectivity index (χ2n) is 8.09. The predicted molar refractivity (Wildman–Crippen MR) is 121 cm³/mol. The number of methoxy groups -OCH3 is 1. The molecule has 0 spiro atoms. The van der Waals surface area contributed by atoms with Gasteiger partial charge in [0.25, 0.3) is 5.91 Å².